The second kappa shape index (κ2) is 7.67. The van der Waals surface area contributed by atoms with Crippen LogP contribution in [0.2, 0.25) is 0 Å². The van der Waals surface area contributed by atoms with Crippen molar-refractivity contribution in [2.24, 2.45) is 0 Å². The summed E-state index contributed by atoms with van der Waals surface area (Å²) >= 11 is 4.20. The summed E-state index contributed by atoms with van der Waals surface area (Å²) < 4.78 is 153. The molecule has 0 fully saturated rings. The predicted molar refractivity (Wildman–Crippen MR) is 75.9 cm³/mol. The van der Waals surface area contributed by atoms with Crippen molar-refractivity contribution < 1.29 is 52.7 Å². The van der Waals surface area contributed by atoms with E-state index in [1.54, 1.807) is 5.32 Å². The molecule has 15 heteroatoms. The molecular formula is C13H6F12N2S. The molecule has 0 heterocycles. The number of alkyl halides is 11. The number of thiocarbonyl (C=S) groups is 1. The monoisotopic (exact) mass is 450 g/mol. The largest absolute Gasteiger partial charge is 0.459 e. The van der Waals surface area contributed by atoms with E-state index in [-0.39, 0.29) is 0 Å². The molecule has 0 aliphatic rings. The fourth-order valence-electron chi connectivity index (χ4n) is 1.73. The normalized spacial score (nSPS) is 13.1. The molecule has 0 spiro atoms. The minimum absolute atomic E-state index is 0.451. The van der Waals surface area contributed by atoms with Gasteiger partial charge in [0.1, 0.15) is 11.5 Å². The maximum atomic E-state index is 13.5. The number of allylic oxidation sites excluding steroid dienone is 2. The zero-order valence-electron chi connectivity index (χ0n) is 12.8. The molecule has 1 aromatic rings. The van der Waals surface area contributed by atoms with Crippen molar-refractivity contribution in [2.45, 2.75) is 24.5 Å². The molecule has 1 rings (SSSR count). The molecule has 0 radical (unpaired) electrons. The Bertz CT molecular complexity index is 744. The van der Waals surface area contributed by atoms with Gasteiger partial charge in [0.05, 0.1) is 0 Å². The van der Waals surface area contributed by atoms with E-state index < -0.39 is 52.3 Å². The van der Waals surface area contributed by atoms with Crippen LogP contribution in [0, 0.1) is 5.82 Å². The van der Waals surface area contributed by atoms with Gasteiger partial charge in [0.15, 0.2) is 10.7 Å². The summed E-state index contributed by atoms with van der Waals surface area (Å²) in [4.78, 5) is 0. The van der Waals surface area contributed by atoms with Gasteiger partial charge in [-0.05, 0) is 30.4 Å². The van der Waals surface area contributed by atoms with Crippen LogP contribution in [0.25, 0.3) is 0 Å². The second-order valence-corrected chi connectivity index (χ2v) is 5.32. The summed E-state index contributed by atoms with van der Waals surface area (Å²) in [7, 11) is 0. The Kier molecular flexibility index (Phi) is 6.54. The number of hydrogen-bond acceptors (Lipinski definition) is 1. The van der Waals surface area contributed by atoms with Crippen LogP contribution in [0.1, 0.15) is 0 Å². The quantitative estimate of drug-likeness (QED) is 0.457. The third-order valence-corrected chi connectivity index (χ3v) is 3.01. The van der Waals surface area contributed by atoms with Crippen molar-refractivity contribution in [3.8, 4) is 0 Å². The molecule has 0 aliphatic carbocycles. The van der Waals surface area contributed by atoms with Gasteiger partial charge in [0.25, 0.3) is 0 Å². The number of nitrogens with one attached hydrogen (secondary N) is 2. The van der Waals surface area contributed by atoms with Gasteiger partial charge in [-0.25, -0.2) is 4.39 Å². The molecule has 158 valence electrons. The average molecular weight is 450 g/mol. The molecule has 0 saturated heterocycles. The minimum atomic E-state index is -6.83. The van der Waals surface area contributed by atoms with Crippen LogP contribution in [0.4, 0.5) is 58.4 Å². The van der Waals surface area contributed by atoms with E-state index in [9.17, 15) is 52.7 Å². The zero-order chi connectivity index (χ0) is 22.1. The standard InChI is InChI=1S/C13H6F12N2S/c14-5-2-1-3-6(4-5)26-9(28)27-8(10(15,16)13(23,24)25)7(11(17,18)19)12(20,21)22/h1-4H,(H2,26,27,28). The molecule has 0 aliphatic heterocycles. The first-order valence-corrected chi connectivity index (χ1v) is 6.95. The highest BCUT2D eigenvalue weighted by Gasteiger charge is 2.66. The lowest BCUT2D eigenvalue weighted by molar-refractivity contribution is -0.269. The van der Waals surface area contributed by atoms with Crippen LogP contribution in [0.15, 0.2) is 35.5 Å². The highest BCUT2D eigenvalue weighted by molar-refractivity contribution is 7.80. The Balaban J connectivity index is 3.51. The lowest BCUT2D eigenvalue weighted by Crippen LogP contribution is -2.49. The first-order chi connectivity index (χ1) is 12.4. The summed E-state index contributed by atoms with van der Waals surface area (Å²) in [6, 6.07) is 3.39. The van der Waals surface area contributed by atoms with E-state index in [1.165, 1.54) is 0 Å². The molecular weight excluding hydrogens is 444 g/mol. The highest BCUT2D eigenvalue weighted by Crippen LogP contribution is 2.48. The molecule has 0 bridgehead atoms. The highest BCUT2D eigenvalue weighted by atomic mass is 32.1. The topological polar surface area (TPSA) is 24.1 Å². The third kappa shape index (κ3) is 5.65. The molecule has 0 saturated carbocycles. The van der Waals surface area contributed by atoms with Gasteiger partial charge < -0.3 is 10.6 Å². The lowest BCUT2D eigenvalue weighted by atomic mass is 10.1. The first-order valence-electron chi connectivity index (χ1n) is 6.54. The summed E-state index contributed by atoms with van der Waals surface area (Å²) in [5, 5.41) is 0.814. The van der Waals surface area contributed by atoms with Gasteiger partial charge in [0.2, 0.25) is 0 Å². The smallest absolute Gasteiger partial charge is 0.332 e. The average Bonchev–Trinajstić information content (AvgIpc) is 2.42. The van der Waals surface area contributed by atoms with Gasteiger partial charge in [-0.3, -0.25) is 0 Å². The van der Waals surface area contributed by atoms with E-state index in [0.29, 0.717) is 11.4 Å². The Labute approximate surface area is 153 Å². The van der Waals surface area contributed by atoms with Gasteiger partial charge >= 0.3 is 24.5 Å². The molecule has 0 atom stereocenters. The van der Waals surface area contributed by atoms with Gasteiger partial charge in [-0.1, -0.05) is 6.07 Å². The maximum Gasteiger partial charge on any atom is 0.459 e. The van der Waals surface area contributed by atoms with Crippen molar-refractivity contribution in [1.29, 1.82) is 0 Å². The summed E-state index contributed by atoms with van der Waals surface area (Å²) in [6.45, 7) is 0. The van der Waals surface area contributed by atoms with E-state index in [4.69, 9.17) is 0 Å². The Hall–Kier alpha value is -2.19. The number of benzene rings is 1. The van der Waals surface area contributed by atoms with Crippen LogP contribution in [0.5, 0.6) is 0 Å². The number of halogens is 12. The zero-order valence-corrected chi connectivity index (χ0v) is 13.6. The fraction of sp³-hybridized carbons (Fsp3) is 0.308. The Morgan fingerprint density at radius 1 is 0.821 bits per heavy atom. The van der Waals surface area contributed by atoms with Crippen molar-refractivity contribution >= 4 is 23.0 Å². The molecule has 2 nitrogen and oxygen atoms in total. The van der Waals surface area contributed by atoms with E-state index in [2.05, 4.69) is 12.2 Å². The first kappa shape index (κ1) is 23.8. The van der Waals surface area contributed by atoms with Crippen LogP contribution in [0.3, 0.4) is 0 Å². The van der Waals surface area contributed by atoms with Gasteiger partial charge in [0, 0.05) is 5.69 Å². The van der Waals surface area contributed by atoms with Crippen molar-refractivity contribution in [1.82, 2.24) is 5.32 Å². The van der Waals surface area contributed by atoms with E-state index >= 15 is 0 Å². The maximum absolute atomic E-state index is 13.5. The Morgan fingerprint density at radius 3 is 1.71 bits per heavy atom. The van der Waals surface area contributed by atoms with E-state index in [1.807, 2.05) is 0 Å². The van der Waals surface area contributed by atoms with Crippen LogP contribution in [-0.4, -0.2) is 29.6 Å². The Morgan fingerprint density at radius 2 is 1.32 bits per heavy atom. The molecule has 0 aromatic heterocycles. The lowest BCUT2D eigenvalue weighted by Gasteiger charge is -2.28. The molecule has 2 N–H and O–H groups in total. The summed E-state index contributed by atoms with van der Waals surface area (Å²) in [5.74, 6) is -7.59. The molecule has 28 heavy (non-hydrogen) atoms. The second-order valence-electron chi connectivity index (χ2n) is 4.91. The van der Waals surface area contributed by atoms with Gasteiger partial charge in [-0.2, -0.15) is 48.3 Å². The SMILES string of the molecule is Fc1cccc(NC(=S)NC(=C(C(F)(F)F)C(F)(F)F)C(F)(F)C(F)(F)F)c1. The number of hydrogen-bond donors (Lipinski definition) is 2. The number of anilines is 1. The molecule has 1 aromatic carbocycles. The van der Waals surface area contributed by atoms with Crippen molar-refractivity contribution in [3.05, 3.63) is 41.4 Å². The third-order valence-electron chi connectivity index (χ3n) is 2.81. The van der Waals surface area contributed by atoms with Crippen molar-refractivity contribution in [2.75, 3.05) is 5.32 Å². The predicted octanol–water partition coefficient (Wildman–Crippen LogP) is 5.69. The summed E-state index contributed by atoms with van der Waals surface area (Å²) in [5.41, 5.74) is -8.16. The van der Waals surface area contributed by atoms with Crippen molar-refractivity contribution in [3.63, 3.8) is 0 Å². The van der Waals surface area contributed by atoms with Crippen LogP contribution >= 0.6 is 12.2 Å². The minimum Gasteiger partial charge on any atom is -0.332 e. The molecule has 0 amide bonds. The van der Waals surface area contributed by atoms with E-state index in [0.717, 1.165) is 18.2 Å². The van der Waals surface area contributed by atoms with Crippen LogP contribution < -0.4 is 10.6 Å². The summed E-state index contributed by atoms with van der Waals surface area (Å²) in [6.07, 6.45) is -20.1. The van der Waals surface area contributed by atoms with Gasteiger partial charge in [-0.15, -0.1) is 0 Å². The fourth-order valence-corrected chi connectivity index (χ4v) is 1.95. The van der Waals surface area contributed by atoms with Crippen LogP contribution in [-0.2, 0) is 0 Å². The molecule has 0 unspecified atom stereocenters. The number of rotatable bonds is 3.